The Bertz CT molecular complexity index is 941. The van der Waals surface area contributed by atoms with Gasteiger partial charge in [-0.15, -0.1) is 0 Å². The second-order valence-corrected chi connectivity index (χ2v) is 7.69. The number of ether oxygens (including phenoxy) is 2. The van der Waals surface area contributed by atoms with Crippen LogP contribution < -0.4 is 4.74 Å². The number of carbonyl (C=O) groups excluding carboxylic acids is 1. The molecule has 1 aromatic heterocycles. The summed E-state index contributed by atoms with van der Waals surface area (Å²) in [5.41, 5.74) is 4.57. The predicted octanol–water partition coefficient (Wildman–Crippen LogP) is 4.83. The van der Waals surface area contributed by atoms with Crippen LogP contribution >= 0.6 is 0 Å². The number of aromatic nitrogens is 1. The fraction of sp³-hybridized carbons (Fsp3) is 0.333. The Balaban J connectivity index is 1.53. The van der Waals surface area contributed by atoms with Gasteiger partial charge in [-0.05, 0) is 48.2 Å². The zero-order valence-corrected chi connectivity index (χ0v) is 19.0. The monoisotopic (exact) mass is 432 g/mol. The van der Waals surface area contributed by atoms with E-state index in [0.717, 1.165) is 35.4 Å². The summed E-state index contributed by atoms with van der Waals surface area (Å²) in [6.45, 7) is 6.52. The quantitative estimate of drug-likeness (QED) is 0.384. The summed E-state index contributed by atoms with van der Waals surface area (Å²) >= 11 is 0. The van der Waals surface area contributed by atoms with E-state index in [1.807, 2.05) is 55.6 Å². The van der Waals surface area contributed by atoms with Gasteiger partial charge in [0.05, 0.1) is 19.8 Å². The minimum Gasteiger partial charge on any atom is -0.493 e. The van der Waals surface area contributed by atoms with Crippen molar-refractivity contribution in [2.24, 2.45) is 0 Å². The van der Waals surface area contributed by atoms with E-state index in [1.165, 1.54) is 5.56 Å². The number of aryl methyl sites for hydroxylation is 1. The lowest BCUT2D eigenvalue weighted by Gasteiger charge is -2.21. The van der Waals surface area contributed by atoms with Crippen LogP contribution in [0.3, 0.4) is 0 Å². The standard InChI is InChI=1S/C27H32N2O3/c1-3-22-10-13-25(28-18-22)16-17-32-26-14-11-24(12-15-26)20-29(21-27(30)31-4-2)19-23-8-6-5-7-9-23/h5-15,18H,3-4,16-17,19-21H2,1-2H3. The first-order valence-electron chi connectivity index (χ1n) is 11.2. The summed E-state index contributed by atoms with van der Waals surface area (Å²) in [7, 11) is 0. The maximum Gasteiger partial charge on any atom is 0.320 e. The molecular formula is C27H32N2O3. The van der Waals surface area contributed by atoms with Crippen molar-refractivity contribution in [2.75, 3.05) is 19.8 Å². The summed E-state index contributed by atoms with van der Waals surface area (Å²) in [5.74, 6) is 0.628. The molecule has 0 bridgehead atoms. The average molecular weight is 433 g/mol. The van der Waals surface area contributed by atoms with Gasteiger partial charge < -0.3 is 9.47 Å². The molecule has 0 aliphatic heterocycles. The summed E-state index contributed by atoms with van der Waals surface area (Å²) in [6.07, 6.45) is 3.70. The van der Waals surface area contributed by atoms with Crippen molar-refractivity contribution in [1.29, 1.82) is 0 Å². The molecule has 0 aliphatic rings. The van der Waals surface area contributed by atoms with Crippen molar-refractivity contribution in [1.82, 2.24) is 9.88 Å². The van der Waals surface area contributed by atoms with Crippen molar-refractivity contribution in [2.45, 2.75) is 39.8 Å². The van der Waals surface area contributed by atoms with Crippen LogP contribution in [0, 0.1) is 0 Å². The van der Waals surface area contributed by atoms with Crippen LogP contribution in [0.5, 0.6) is 5.75 Å². The summed E-state index contributed by atoms with van der Waals surface area (Å²) in [6, 6.07) is 22.4. The molecule has 3 rings (SSSR count). The minimum absolute atomic E-state index is 0.205. The molecule has 5 nitrogen and oxygen atoms in total. The smallest absolute Gasteiger partial charge is 0.320 e. The number of carbonyl (C=O) groups is 1. The van der Waals surface area contributed by atoms with Crippen molar-refractivity contribution >= 4 is 5.97 Å². The molecule has 0 amide bonds. The molecule has 5 heteroatoms. The normalized spacial score (nSPS) is 10.8. The first-order chi connectivity index (χ1) is 15.7. The van der Waals surface area contributed by atoms with Gasteiger partial charge in [-0.25, -0.2) is 0 Å². The second-order valence-electron chi connectivity index (χ2n) is 7.69. The second kappa shape index (κ2) is 12.6. The molecule has 0 aliphatic carbocycles. The van der Waals surface area contributed by atoms with Gasteiger partial charge in [0.25, 0.3) is 0 Å². The predicted molar refractivity (Wildman–Crippen MR) is 126 cm³/mol. The molecular weight excluding hydrogens is 400 g/mol. The van der Waals surface area contributed by atoms with E-state index in [-0.39, 0.29) is 12.5 Å². The van der Waals surface area contributed by atoms with E-state index >= 15 is 0 Å². The number of hydrogen-bond donors (Lipinski definition) is 0. The lowest BCUT2D eigenvalue weighted by Crippen LogP contribution is -2.30. The van der Waals surface area contributed by atoms with Gasteiger partial charge in [0, 0.05) is 31.4 Å². The highest BCUT2D eigenvalue weighted by Gasteiger charge is 2.13. The largest absolute Gasteiger partial charge is 0.493 e. The fourth-order valence-corrected chi connectivity index (χ4v) is 3.43. The number of hydrogen-bond acceptors (Lipinski definition) is 5. The summed E-state index contributed by atoms with van der Waals surface area (Å²) in [5, 5.41) is 0. The van der Waals surface area contributed by atoms with Gasteiger partial charge in [-0.1, -0.05) is 55.5 Å². The molecule has 3 aromatic rings. The van der Waals surface area contributed by atoms with Gasteiger partial charge in [0.2, 0.25) is 0 Å². The third-order valence-electron chi connectivity index (χ3n) is 5.16. The number of pyridine rings is 1. The Hall–Kier alpha value is -3.18. The molecule has 0 unspecified atom stereocenters. The molecule has 32 heavy (non-hydrogen) atoms. The highest BCUT2D eigenvalue weighted by atomic mass is 16.5. The van der Waals surface area contributed by atoms with Crippen molar-refractivity contribution < 1.29 is 14.3 Å². The molecule has 0 spiro atoms. The van der Waals surface area contributed by atoms with Crippen LogP contribution in [-0.4, -0.2) is 35.6 Å². The molecule has 0 N–H and O–H groups in total. The number of rotatable bonds is 12. The van der Waals surface area contributed by atoms with Crippen LogP contribution in [0.2, 0.25) is 0 Å². The van der Waals surface area contributed by atoms with Gasteiger partial charge in [0.1, 0.15) is 5.75 Å². The third kappa shape index (κ3) is 7.82. The van der Waals surface area contributed by atoms with Crippen LogP contribution in [0.4, 0.5) is 0 Å². The molecule has 0 fully saturated rings. The topological polar surface area (TPSA) is 51.7 Å². The molecule has 1 heterocycles. The Morgan fingerprint density at radius 1 is 0.875 bits per heavy atom. The van der Waals surface area contributed by atoms with Crippen molar-refractivity contribution in [3.05, 3.63) is 95.3 Å². The van der Waals surface area contributed by atoms with Gasteiger partial charge in [-0.2, -0.15) is 0 Å². The summed E-state index contributed by atoms with van der Waals surface area (Å²) in [4.78, 5) is 18.6. The van der Waals surface area contributed by atoms with Gasteiger partial charge in [-0.3, -0.25) is 14.7 Å². The number of esters is 1. The molecule has 0 saturated heterocycles. The minimum atomic E-state index is -0.205. The van der Waals surface area contributed by atoms with Gasteiger partial charge in [0.15, 0.2) is 0 Å². The molecule has 0 atom stereocenters. The Labute approximate surface area is 191 Å². The molecule has 168 valence electrons. The first-order valence-corrected chi connectivity index (χ1v) is 11.2. The van der Waals surface area contributed by atoms with Crippen molar-refractivity contribution in [3.8, 4) is 5.75 Å². The number of benzene rings is 2. The maximum absolute atomic E-state index is 12.1. The van der Waals surface area contributed by atoms with Crippen LogP contribution in [-0.2, 0) is 35.5 Å². The van der Waals surface area contributed by atoms with Gasteiger partial charge >= 0.3 is 5.97 Å². The first kappa shape index (κ1) is 23.5. The van der Waals surface area contributed by atoms with E-state index in [1.54, 1.807) is 0 Å². The van der Waals surface area contributed by atoms with E-state index in [2.05, 4.69) is 41.1 Å². The fourth-order valence-electron chi connectivity index (χ4n) is 3.43. The lowest BCUT2D eigenvalue weighted by atomic mass is 10.1. The number of nitrogens with zero attached hydrogens (tertiary/aromatic N) is 2. The zero-order valence-electron chi connectivity index (χ0n) is 19.0. The third-order valence-corrected chi connectivity index (χ3v) is 5.16. The highest BCUT2D eigenvalue weighted by molar-refractivity contribution is 5.71. The van der Waals surface area contributed by atoms with Crippen LogP contribution in [0.25, 0.3) is 0 Å². The Morgan fingerprint density at radius 3 is 2.19 bits per heavy atom. The van der Waals surface area contributed by atoms with Crippen molar-refractivity contribution in [3.63, 3.8) is 0 Å². The molecule has 0 saturated carbocycles. The maximum atomic E-state index is 12.1. The Kier molecular flexibility index (Phi) is 9.26. The highest BCUT2D eigenvalue weighted by Crippen LogP contribution is 2.16. The van der Waals surface area contributed by atoms with E-state index in [9.17, 15) is 4.79 Å². The molecule has 0 radical (unpaired) electrons. The average Bonchev–Trinajstić information content (AvgIpc) is 2.81. The van der Waals surface area contributed by atoms with Crippen LogP contribution in [0.1, 0.15) is 36.2 Å². The van der Waals surface area contributed by atoms with E-state index in [4.69, 9.17) is 9.47 Å². The van der Waals surface area contributed by atoms with E-state index < -0.39 is 0 Å². The van der Waals surface area contributed by atoms with Crippen LogP contribution in [0.15, 0.2) is 72.9 Å². The zero-order chi connectivity index (χ0) is 22.6. The Morgan fingerprint density at radius 2 is 1.56 bits per heavy atom. The SMILES string of the molecule is CCOC(=O)CN(Cc1ccccc1)Cc1ccc(OCCc2ccc(CC)cn2)cc1. The van der Waals surface area contributed by atoms with E-state index in [0.29, 0.717) is 26.3 Å². The summed E-state index contributed by atoms with van der Waals surface area (Å²) < 4.78 is 11.0. The molecule has 2 aromatic carbocycles. The lowest BCUT2D eigenvalue weighted by molar-refractivity contribution is -0.144.